The van der Waals surface area contributed by atoms with Gasteiger partial charge in [0.1, 0.15) is 0 Å². The van der Waals surface area contributed by atoms with Gasteiger partial charge in [-0.1, -0.05) is 30.3 Å². The number of carbonyl (C=O) groups is 1. The molecule has 1 N–H and O–H groups in total. The lowest BCUT2D eigenvalue weighted by Gasteiger charge is -2.25. The molecule has 2 aromatic carbocycles. The van der Waals surface area contributed by atoms with Crippen molar-refractivity contribution in [3.63, 3.8) is 0 Å². The molecule has 1 unspecified atom stereocenters. The number of rotatable bonds is 4. The molecule has 124 valence electrons. The highest BCUT2D eigenvalue weighted by atomic mass is 16.6. The molecule has 1 saturated heterocycles. The third kappa shape index (κ3) is 3.71. The van der Waals surface area contributed by atoms with Crippen LogP contribution in [0.3, 0.4) is 0 Å². The molecule has 0 aliphatic carbocycles. The molecule has 6 nitrogen and oxygen atoms in total. The molecular formula is C18H19N3O3. The van der Waals surface area contributed by atoms with Crippen LogP contribution < -0.4 is 5.32 Å². The van der Waals surface area contributed by atoms with E-state index in [9.17, 15) is 14.9 Å². The number of nitrogens with one attached hydrogen (secondary N) is 1. The summed E-state index contributed by atoms with van der Waals surface area (Å²) in [6, 6.07) is 16.1. The molecule has 1 heterocycles. The van der Waals surface area contributed by atoms with Gasteiger partial charge < -0.3 is 10.2 Å². The lowest BCUT2D eigenvalue weighted by Crippen LogP contribution is -2.39. The fourth-order valence-electron chi connectivity index (χ4n) is 3.06. The number of benzene rings is 2. The second-order valence-corrected chi connectivity index (χ2v) is 5.91. The lowest BCUT2D eigenvalue weighted by atomic mass is 10.0. The third-order valence-corrected chi connectivity index (χ3v) is 4.28. The van der Waals surface area contributed by atoms with Crippen LogP contribution in [-0.2, 0) is 6.42 Å². The van der Waals surface area contributed by atoms with E-state index < -0.39 is 4.92 Å². The predicted octanol–water partition coefficient (Wildman–Crippen LogP) is 3.83. The van der Waals surface area contributed by atoms with E-state index in [1.54, 1.807) is 12.1 Å². The maximum atomic E-state index is 12.5. The maximum Gasteiger partial charge on any atom is 0.322 e. The van der Waals surface area contributed by atoms with E-state index in [0.29, 0.717) is 5.69 Å². The van der Waals surface area contributed by atoms with Crippen molar-refractivity contribution in [2.45, 2.75) is 25.3 Å². The summed E-state index contributed by atoms with van der Waals surface area (Å²) in [5, 5.41) is 13.5. The molecule has 2 aromatic rings. The Labute approximate surface area is 140 Å². The summed E-state index contributed by atoms with van der Waals surface area (Å²) in [5.74, 6) is 0. The zero-order valence-electron chi connectivity index (χ0n) is 13.2. The number of nitrogens with zero attached hydrogens (tertiary/aromatic N) is 2. The smallest absolute Gasteiger partial charge is 0.321 e. The fourth-order valence-corrected chi connectivity index (χ4v) is 3.06. The summed E-state index contributed by atoms with van der Waals surface area (Å²) < 4.78 is 0. The van der Waals surface area contributed by atoms with Crippen LogP contribution >= 0.6 is 0 Å². The van der Waals surface area contributed by atoms with Gasteiger partial charge in [-0.05, 0) is 37.0 Å². The molecule has 0 aromatic heterocycles. The van der Waals surface area contributed by atoms with Crippen molar-refractivity contribution in [2.75, 3.05) is 11.9 Å². The minimum atomic E-state index is -0.456. The highest BCUT2D eigenvalue weighted by Crippen LogP contribution is 2.23. The number of nitro groups is 1. The van der Waals surface area contributed by atoms with Gasteiger partial charge >= 0.3 is 6.03 Å². The SMILES string of the molecule is O=C(Nc1ccc([N+](=O)[O-])cc1)N1CCCC1Cc1ccccc1. The Balaban J connectivity index is 1.64. The summed E-state index contributed by atoms with van der Waals surface area (Å²) >= 11 is 0. The molecule has 0 radical (unpaired) electrons. The van der Waals surface area contributed by atoms with Crippen molar-refractivity contribution in [3.8, 4) is 0 Å². The molecule has 1 fully saturated rings. The minimum absolute atomic E-state index is 0.0103. The Kier molecular flexibility index (Phi) is 4.74. The Morgan fingerprint density at radius 1 is 1.17 bits per heavy atom. The molecule has 6 heteroatoms. The van der Waals surface area contributed by atoms with Crippen LogP contribution in [0.25, 0.3) is 0 Å². The number of amides is 2. The van der Waals surface area contributed by atoms with Crippen LogP contribution in [0, 0.1) is 10.1 Å². The number of anilines is 1. The van der Waals surface area contributed by atoms with Crippen LogP contribution in [0.4, 0.5) is 16.2 Å². The van der Waals surface area contributed by atoms with E-state index in [1.807, 2.05) is 23.1 Å². The predicted molar refractivity (Wildman–Crippen MR) is 92.0 cm³/mol. The quantitative estimate of drug-likeness (QED) is 0.685. The number of nitro benzene ring substituents is 1. The Morgan fingerprint density at radius 2 is 1.88 bits per heavy atom. The summed E-state index contributed by atoms with van der Waals surface area (Å²) in [5.41, 5.74) is 1.80. The Bertz CT molecular complexity index is 716. The fraction of sp³-hybridized carbons (Fsp3) is 0.278. The molecule has 0 bridgehead atoms. The van der Waals surface area contributed by atoms with Crippen LogP contribution in [0.2, 0.25) is 0 Å². The molecule has 1 aliphatic heterocycles. The van der Waals surface area contributed by atoms with Gasteiger partial charge in [-0.15, -0.1) is 0 Å². The van der Waals surface area contributed by atoms with Gasteiger partial charge in [0.2, 0.25) is 0 Å². The first-order valence-electron chi connectivity index (χ1n) is 7.99. The van der Waals surface area contributed by atoms with Gasteiger partial charge in [0.05, 0.1) is 4.92 Å². The average Bonchev–Trinajstić information content (AvgIpc) is 3.04. The second-order valence-electron chi connectivity index (χ2n) is 5.91. The van der Waals surface area contributed by atoms with E-state index in [1.165, 1.54) is 17.7 Å². The molecular weight excluding hydrogens is 306 g/mol. The van der Waals surface area contributed by atoms with Crippen molar-refractivity contribution in [1.82, 2.24) is 4.90 Å². The number of urea groups is 1. The molecule has 0 spiro atoms. The van der Waals surface area contributed by atoms with E-state index in [4.69, 9.17) is 0 Å². The zero-order chi connectivity index (χ0) is 16.9. The maximum absolute atomic E-state index is 12.5. The van der Waals surface area contributed by atoms with Crippen LogP contribution in [-0.4, -0.2) is 28.4 Å². The van der Waals surface area contributed by atoms with E-state index >= 15 is 0 Å². The monoisotopic (exact) mass is 325 g/mol. The van der Waals surface area contributed by atoms with Gasteiger partial charge in [-0.25, -0.2) is 4.79 Å². The summed E-state index contributed by atoms with van der Waals surface area (Å²) in [6.07, 6.45) is 2.82. The lowest BCUT2D eigenvalue weighted by molar-refractivity contribution is -0.384. The number of likely N-dealkylation sites (tertiary alicyclic amines) is 1. The number of hydrogen-bond acceptors (Lipinski definition) is 3. The van der Waals surface area contributed by atoms with Crippen molar-refractivity contribution >= 4 is 17.4 Å². The summed E-state index contributed by atoms with van der Waals surface area (Å²) in [4.78, 5) is 24.6. The standard InChI is InChI=1S/C18H19N3O3/c22-18(19-15-8-10-16(11-9-15)21(23)24)20-12-4-7-17(20)13-14-5-2-1-3-6-14/h1-3,5-6,8-11,17H,4,7,12-13H2,(H,19,22). The summed E-state index contributed by atoms with van der Waals surface area (Å²) in [7, 11) is 0. The average molecular weight is 325 g/mol. The Morgan fingerprint density at radius 3 is 2.54 bits per heavy atom. The molecule has 2 amide bonds. The van der Waals surface area contributed by atoms with Crippen molar-refractivity contribution < 1.29 is 9.72 Å². The summed E-state index contributed by atoms with van der Waals surface area (Å²) in [6.45, 7) is 0.732. The first-order valence-corrected chi connectivity index (χ1v) is 7.99. The van der Waals surface area contributed by atoms with Crippen LogP contribution in [0.5, 0.6) is 0 Å². The molecule has 0 saturated carbocycles. The number of hydrogen-bond donors (Lipinski definition) is 1. The van der Waals surface area contributed by atoms with Crippen molar-refractivity contribution in [3.05, 3.63) is 70.3 Å². The topological polar surface area (TPSA) is 75.5 Å². The largest absolute Gasteiger partial charge is 0.322 e. The third-order valence-electron chi connectivity index (χ3n) is 4.28. The van der Waals surface area contributed by atoms with Gasteiger partial charge in [0, 0.05) is 30.4 Å². The van der Waals surface area contributed by atoms with Crippen molar-refractivity contribution in [2.24, 2.45) is 0 Å². The first-order chi connectivity index (χ1) is 11.6. The molecule has 1 atom stereocenters. The van der Waals surface area contributed by atoms with Crippen LogP contribution in [0.1, 0.15) is 18.4 Å². The molecule has 3 rings (SSSR count). The highest BCUT2D eigenvalue weighted by Gasteiger charge is 2.28. The van der Waals surface area contributed by atoms with Gasteiger partial charge in [0.25, 0.3) is 5.69 Å². The Hall–Kier alpha value is -2.89. The van der Waals surface area contributed by atoms with E-state index in [-0.39, 0.29) is 17.8 Å². The molecule has 24 heavy (non-hydrogen) atoms. The van der Waals surface area contributed by atoms with Gasteiger partial charge in [0.15, 0.2) is 0 Å². The minimum Gasteiger partial charge on any atom is -0.321 e. The number of non-ortho nitro benzene ring substituents is 1. The highest BCUT2D eigenvalue weighted by molar-refractivity contribution is 5.89. The normalized spacial score (nSPS) is 16.8. The zero-order valence-corrected chi connectivity index (χ0v) is 13.2. The van der Waals surface area contributed by atoms with Crippen LogP contribution in [0.15, 0.2) is 54.6 Å². The van der Waals surface area contributed by atoms with Crippen molar-refractivity contribution in [1.29, 1.82) is 0 Å². The van der Waals surface area contributed by atoms with Gasteiger partial charge in [-0.3, -0.25) is 10.1 Å². The van der Waals surface area contributed by atoms with E-state index in [0.717, 1.165) is 25.8 Å². The number of carbonyl (C=O) groups excluding carboxylic acids is 1. The van der Waals surface area contributed by atoms with Gasteiger partial charge in [-0.2, -0.15) is 0 Å². The molecule has 1 aliphatic rings. The first kappa shape index (κ1) is 16.0. The van der Waals surface area contributed by atoms with E-state index in [2.05, 4.69) is 17.4 Å². The second kappa shape index (κ2) is 7.12.